The largest absolute Gasteiger partial charge is 0.495 e. The van der Waals surface area contributed by atoms with Crippen LogP contribution in [0.25, 0.3) is 0 Å². The average molecular weight is 409 g/mol. The number of hydrogen-bond donors (Lipinski definition) is 2. The van der Waals surface area contributed by atoms with Crippen LogP contribution < -0.4 is 20.3 Å². The molecule has 1 aliphatic heterocycles. The number of carbonyl (C=O) groups is 2. The van der Waals surface area contributed by atoms with Gasteiger partial charge in [0.2, 0.25) is 5.91 Å². The number of methoxy groups -OCH3 is 1. The van der Waals surface area contributed by atoms with Crippen LogP contribution in [0.2, 0.25) is 0 Å². The van der Waals surface area contributed by atoms with E-state index in [0.717, 1.165) is 48.6 Å². The lowest BCUT2D eigenvalue weighted by atomic mass is 10.1. The summed E-state index contributed by atoms with van der Waals surface area (Å²) in [4.78, 5) is 28.9. The van der Waals surface area contributed by atoms with Gasteiger partial charge in [0.15, 0.2) is 0 Å². The minimum Gasteiger partial charge on any atom is -0.495 e. The third-order valence-corrected chi connectivity index (χ3v) is 5.69. The van der Waals surface area contributed by atoms with E-state index in [1.807, 2.05) is 54.3 Å². The maximum Gasteiger partial charge on any atom is 0.321 e. The Labute approximate surface area is 177 Å². The molecule has 0 radical (unpaired) electrons. The van der Waals surface area contributed by atoms with Crippen molar-refractivity contribution in [1.29, 1.82) is 0 Å². The van der Waals surface area contributed by atoms with Gasteiger partial charge in [0.25, 0.3) is 0 Å². The molecule has 2 aromatic carbocycles. The highest BCUT2D eigenvalue weighted by molar-refractivity contribution is 5.96. The van der Waals surface area contributed by atoms with E-state index in [4.69, 9.17) is 4.74 Å². The molecule has 1 heterocycles. The summed E-state index contributed by atoms with van der Waals surface area (Å²) < 4.78 is 5.46. The number of para-hydroxylation sites is 2. The first-order valence-corrected chi connectivity index (χ1v) is 10.4. The SMILES string of the molecule is COc1ccccc1N1CCN(C(=O)Nc2cc(NC(=O)C3CC3)ccc2C)CC1. The molecule has 0 bridgehead atoms. The second-order valence-corrected chi connectivity index (χ2v) is 7.87. The predicted molar refractivity (Wildman–Crippen MR) is 118 cm³/mol. The van der Waals surface area contributed by atoms with Gasteiger partial charge in [-0.15, -0.1) is 0 Å². The molecule has 30 heavy (non-hydrogen) atoms. The molecule has 4 rings (SSSR count). The highest BCUT2D eigenvalue weighted by atomic mass is 16.5. The normalized spacial score (nSPS) is 16.2. The van der Waals surface area contributed by atoms with E-state index in [-0.39, 0.29) is 17.9 Å². The molecular weight excluding hydrogens is 380 g/mol. The van der Waals surface area contributed by atoms with Gasteiger partial charge < -0.3 is 25.2 Å². The summed E-state index contributed by atoms with van der Waals surface area (Å²) >= 11 is 0. The number of piperazine rings is 1. The Balaban J connectivity index is 1.36. The fourth-order valence-corrected chi connectivity index (χ4v) is 3.66. The topological polar surface area (TPSA) is 73.9 Å². The Morgan fingerprint density at radius 2 is 1.73 bits per heavy atom. The van der Waals surface area contributed by atoms with Crippen LogP contribution in [-0.2, 0) is 4.79 Å². The number of ether oxygens (including phenoxy) is 1. The maximum absolute atomic E-state index is 12.8. The van der Waals surface area contributed by atoms with Gasteiger partial charge in [-0.2, -0.15) is 0 Å². The summed E-state index contributed by atoms with van der Waals surface area (Å²) in [5.41, 5.74) is 3.45. The second kappa shape index (κ2) is 8.65. The monoisotopic (exact) mass is 408 g/mol. The number of nitrogens with zero attached hydrogens (tertiary/aromatic N) is 2. The number of anilines is 3. The standard InChI is InChI=1S/C23H28N4O3/c1-16-7-10-18(24-22(28)17-8-9-17)15-19(16)25-23(29)27-13-11-26(12-14-27)20-5-3-4-6-21(20)30-2/h3-7,10,15,17H,8-9,11-14H2,1-2H3,(H,24,28)(H,25,29). The van der Waals surface area contributed by atoms with Crippen molar-refractivity contribution in [2.24, 2.45) is 5.92 Å². The van der Waals surface area contributed by atoms with Crippen molar-refractivity contribution in [3.63, 3.8) is 0 Å². The zero-order chi connectivity index (χ0) is 21.1. The van der Waals surface area contributed by atoms with Crippen molar-refractivity contribution in [3.05, 3.63) is 48.0 Å². The van der Waals surface area contributed by atoms with Gasteiger partial charge in [-0.25, -0.2) is 4.79 Å². The minimum atomic E-state index is -0.122. The van der Waals surface area contributed by atoms with Crippen molar-refractivity contribution in [1.82, 2.24) is 4.90 Å². The van der Waals surface area contributed by atoms with E-state index in [0.29, 0.717) is 18.8 Å². The van der Waals surface area contributed by atoms with Gasteiger partial charge in [-0.3, -0.25) is 4.79 Å². The molecule has 158 valence electrons. The molecule has 1 saturated carbocycles. The molecule has 2 aromatic rings. The molecule has 0 spiro atoms. The first kappa shape index (κ1) is 20.1. The van der Waals surface area contributed by atoms with Crippen molar-refractivity contribution >= 4 is 29.0 Å². The van der Waals surface area contributed by atoms with Crippen LogP contribution in [0, 0.1) is 12.8 Å². The first-order valence-electron chi connectivity index (χ1n) is 10.4. The van der Waals surface area contributed by atoms with E-state index < -0.39 is 0 Å². The van der Waals surface area contributed by atoms with Crippen LogP contribution >= 0.6 is 0 Å². The molecule has 3 amide bonds. The third-order valence-electron chi connectivity index (χ3n) is 5.69. The molecular formula is C23H28N4O3. The number of urea groups is 1. The van der Waals surface area contributed by atoms with Gasteiger partial charge in [0.1, 0.15) is 5.75 Å². The lowest BCUT2D eigenvalue weighted by molar-refractivity contribution is -0.117. The zero-order valence-corrected chi connectivity index (χ0v) is 17.5. The molecule has 0 atom stereocenters. The summed E-state index contributed by atoms with van der Waals surface area (Å²) in [6.45, 7) is 4.68. The number of aryl methyl sites for hydroxylation is 1. The Kier molecular flexibility index (Phi) is 5.79. The lowest BCUT2D eigenvalue weighted by Gasteiger charge is -2.36. The van der Waals surface area contributed by atoms with Crippen molar-refractivity contribution in [2.75, 3.05) is 48.8 Å². The quantitative estimate of drug-likeness (QED) is 0.791. The van der Waals surface area contributed by atoms with E-state index in [9.17, 15) is 9.59 Å². The molecule has 0 aromatic heterocycles. The summed E-state index contributed by atoms with van der Waals surface area (Å²) in [7, 11) is 1.67. The van der Waals surface area contributed by atoms with Crippen LogP contribution in [0.3, 0.4) is 0 Å². The number of amides is 3. The van der Waals surface area contributed by atoms with Gasteiger partial charge in [-0.1, -0.05) is 18.2 Å². The molecule has 2 N–H and O–H groups in total. The molecule has 0 unspecified atom stereocenters. The zero-order valence-electron chi connectivity index (χ0n) is 17.5. The minimum absolute atomic E-state index is 0.0589. The molecule has 2 aliphatic rings. The summed E-state index contributed by atoms with van der Waals surface area (Å²) in [6.07, 6.45) is 1.92. The highest BCUT2D eigenvalue weighted by Gasteiger charge is 2.29. The number of hydrogen-bond acceptors (Lipinski definition) is 4. The van der Waals surface area contributed by atoms with Crippen LogP contribution in [-0.4, -0.2) is 50.1 Å². The van der Waals surface area contributed by atoms with E-state index >= 15 is 0 Å². The van der Waals surface area contributed by atoms with Gasteiger partial charge in [0, 0.05) is 43.5 Å². The molecule has 7 nitrogen and oxygen atoms in total. The molecule has 1 aliphatic carbocycles. The Morgan fingerprint density at radius 3 is 2.43 bits per heavy atom. The van der Waals surface area contributed by atoms with E-state index in [1.165, 1.54) is 0 Å². The molecule has 7 heteroatoms. The van der Waals surface area contributed by atoms with Crippen LogP contribution in [0.15, 0.2) is 42.5 Å². The molecule has 2 fully saturated rings. The van der Waals surface area contributed by atoms with Crippen LogP contribution in [0.1, 0.15) is 18.4 Å². The van der Waals surface area contributed by atoms with Gasteiger partial charge in [0.05, 0.1) is 12.8 Å². The number of rotatable bonds is 5. The maximum atomic E-state index is 12.8. The fourth-order valence-electron chi connectivity index (χ4n) is 3.66. The number of carbonyl (C=O) groups excluding carboxylic acids is 2. The lowest BCUT2D eigenvalue weighted by Crippen LogP contribution is -2.50. The fraction of sp³-hybridized carbons (Fsp3) is 0.391. The second-order valence-electron chi connectivity index (χ2n) is 7.87. The van der Waals surface area contributed by atoms with Crippen LogP contribution in [0.5, 0.6) is 5.75 Å². The third kappa shape index (κ3) is 4.50. The average Bonchev–Trinajstić information content (AvgIpc) is 3.62. The summed E-state index contributed by atoms with van der Waals surface area (Å²) in [5, 5.41) is 5.94. The van der Waals surface area contributed by atoms with E-state index in [2.05, 4.69) is 15.5 Å². The Morgan fingerprint density at radius 1 is 1.00 bits per heavy atom. The number of benzene rings is 2. The van der Waals surface area contributed by atoms with Crippen molar-refractivity contribution in [3.8, 4) is 5.75 Å². The summed E-state index contributed by atoms with van der Waals surface area (Å²) in [5.74, 6) is 1.04. The Hall–Kier alpha value is -3.22. The van der Waals surface area contributed by atoms with Crippen molar-refractivity contribution in [2.45, 2.75) is 19.8 Å². The van der Waals surface area contributed by atoms with Crippen LogP contribution in [0.4, 0.5) is 21.9 Å². The molecule has 1 saturated heterocycles. The van der Waals surface area contributed by atoms with Crippen molar-refractivity contribution < 1.29 is 14.3 Å². The van der Waals surface area contributed by atoms with Gasteiger partial charge in [-0.05, 0) is 49.6 Å². The summed E-state index contributed by atoms with van der Waals surface area (Å²) in [6, 6.07) is 13.4. The highest BCUT2D eigenvalue weighted by Crippen LogP contribution is 2.31. The number of nitrogens with one attached hydrogen (secondary N) is 2. The Bertz CT molecular complexity index is 934. The smallest absolute Gasteiger partial charge is 0.321 e. The van der Waals surface area contributed by atoms with E-state index in [1.54, 1.807) is 7.11 Å². The first-order chi connectivity index (χ1) is 14.5. The van der Waals surface area contributed by atoms with Gasteiger partial charge >= 0.3 is 6.03 Å². The predicted octanol–water partition coefficient (Wildman–Crippen LogP) is 3.71.